The zero-order valence-electron chi connectivity index (χ0n) is 27.0. The monoisotopic (exact) mass is 693 g/mol. The molecule has 0 aliphatic carbocycles. The van der Waals surface area contributed by atoms with Crippen molar-refractivity contribution < 1.29 is 16.5 Å². The second kappa shape index (κ2) is 11.3. The first-order valence-corrected chi connectivity index (χ1v) is 16.8. The molecule has 0 unspecified atom stereocenters. The van der Waals surface area contributed by atoms with Crippen LogP contribution in [0.1, 0.15) is 11.4 Å². The van der Waals surface area contributed by atoms with Gasteiger partial charge in [0.15, 0.2) is 0 Å². The summed E-state index contributed by atoms with van der Waals surface area (Å²) in [5, 5.41) is 6.23. The van der Waals surface area contributed by atoms with Crippen LogP contribution in [0.5, 0.6) is 0 Å². The molecule has 5 aromatic heterocycles. The molecule has 51 heavy (non-hydrogen) atoms. The third-order valence-electron chi connectivity index (χ3n) is 9.95. The summed E-state index contributed by atoms with van der Waals surface area (Å²) < 4.78 is 0. The minimum atomic E-state index is 0. The number of fused-ring (bicyclic) bond motifs is 13. The zero-order valence-corrected chi connectivity index (χ0v) is 28.0. The topological polar surface area (TPSA) is 66.9 Å². The predicted octanol–water partition coefficient (Wildman–Crippen LogP) is 10.8. The maximum atomic E-state index is 5.47. The van der Waals surface area contributed by atoms with Crippen molar-refractivity contribution in [2.45, 2.75) is 0 Å². The van der Waals surface area contributed by atoms with Crippen LogP contribution in [0.15, 0.2) is 140 Å². The molecule has 1 aliphatic heterocycles. The molecule has 8 bridgehead atoms. The first-order chi connectivity index (χ1) is 24.8. The molecule has 0 spiro atoms. The summed E-state index contributed by atoms with van der Waals surface area (Å²) in [6.45, 7) is 0. The Morgan fingerprint density at radius 2 is 0.922 bits per heavy atom. The quantitative estimate of drug-likeness (QED) is 0.169. The number of rotatable bonds is 2. The number of hydrogen-bond donors (Lipinski definition) is 0. The molecule has 5 aromatic carbocycles. The molecule has 0 saturated carbocycles. The molecule has 1 aliphatic rings. The SMILES string of the molecule is C1=Cc2nc1c(-c1ccccc1)c1ccc([n-]1)c1c3ccccc3cc3c4nc5ccccc5c(c5ccc([n-]5)c2-c2ccccc2)c4nc31.[Ni+2]. The maximum Gasteiger partial charge on any atom is 2.00 e. The standard InChI is InChI=1S/C45H25N5.Ni/c1-3-11-26(12-4-1)39-33-19-20-34(46-33)40(27-13-5-2-6-14-27)36-22-24-38(48-36)42-30-17-9-10-18-32(30)49-44-31-25-28-15-7-8-16-29(28)41(43(31)50-45(42)44)37-23-21-35(39)47-37;/h1-25H;/q-2;+2. The first kappa shape index (κ1) is 29.6. The maximum absolute atomic E-state index is 5.47. The van der Waals surface area contributed by atoms with Crippen molar-refractivity contribution in [2.24, 2.45) is 0 Å². The van der Waals surface area contributed by atoms with E-state index in [1.54, 1.807) is 0 Å². The van der Waals surface area contributed by atoms with Crippen molar-refractivity contribution in [1.82, 2.24) is 24.9 Å². The smallest absolute Gasteiger partial charge is 0.657 e. The molecule has 0 radical (unpaired) electrons. The fraction of sp³-hybridized carbons (Fsp3) is 0. The van der Waals surface area contributed by atoms with Gasteiger partial charge in [0.1, 0.15) is 0 Å². The van der Waals surface area contributed by atoms with Crippen LogP contribution in [0.4, 0.5) is 0 Å². The molecule has 0 atom stereocenters. The molecule has 240 valence electrons. The Morgan fingerprint density at radius 1 is 0.392 bits per heavy atom. The van der Waals surface area contributed by atoms with E-state index in [1.807, 2.05) is 18.2 Å². The van der Waals surface area contributed by atoms with Crippen LogP contribution in [-0.2, 0) is 16.5 Å². The van der Waals surface area contributed by atoms with E-state index in [1.165, 1.54) is 0 Å². The van der Waals surface area contributed by atoms with E-state index in [0.717, 1.165) is 110 Å². The third-order valence-corrected chi connectivity index (χ3v) is 9.95. The van der Waals surface area contributed by atoms with Crippen molar-refractivity contribution in [1.29, 1.82) is 0 Å². The van der Waals surface area contributed by atoms with Crippen LogP contribution in [0.25, 0.3) is 111 Å². The predicted molar refractivity (Wildman–Crippen MR) is 206 cm³/mol. The fourth-order valence-electron chi connectivity index (χ4n) is 7.75. The van der Waals surface area contributed by atoms with E-state index in [0.29, 0.717) is 0 Å². The number of para-hydroxylation sites is 1. The summed E-state index contributed by atoms with van der Waals surface area (Å²) in [5.41, 5.74) is 12.7. The Bertz CT molecular complexity index is 2930. The normalized spacial score (nSPS) is 12.1. The van der Waals surface area contributed by atoms with Gasteiger partial charge in [0, 0.05) is 10.8 Å². The number of hydrogen-bond acceptors (Lipinski definition) is 3. The number of benzene rings is 5. The van der Waals surface area contributed by atoms with Gasteiger partial charge >= 0.3 is 16.5 Å². The summed E-state index contributed by atoms with van der Waals surface area (Å²) in [4.78, 5) is 26.8. The number of nitrogens with zero attached hydrogens (tertiary/aromatic N) is 5. The van der Waals surface area contributed by atoms with Gasteiger partial charge in [0.25, 0.3) is 0 Å². The molecule has 6 heterocycles. The van der Waals surface area contributed by atoms with Crippen molar-refractivity contribution in [2.75, 3.05) is 0 Å². The van der Waals surface area contributed by atoms with E-state index < -0.39 is 0 Å². The van der Waals surface area contributed by atoms with Gasteiger partial charge in [-0.25, -0.2) is 15.0 Å². The van der Waals surface area contributed by atoms with Crippen LogP contribution in [0, 0.1) is 0 Å². The molecule has 6 heteroatoms. The Hall–Kier alpha value is -6.36. The molecule has 11 rings (SSSR count). The van der Waals surface area contributed by atoms with Gasteiger partial charge in [-0.2, -0.15) is 0 Å². The zero-order chi connectivity index (χ0) is 32.8. The molecular weight excluding hydrogens is 669 g/mol. The van der Waals surface area contributed by atoms with Gasteiger partial charge in [-0.3, -0.25) is 0 Å². The summed E-state index contributed by atoms with van der Waals surface area (Å²) in [6, 6.07) is 48.3. The van der Waals surface area contributed by atoms with Gasteiger partial charge in [-0.15, -0.1) is 22.1 Å². The second-order valence-electron chi connectivity index (χ2n) is 12.8. The van der Waals surface area contributed by atoms with Crippen molar-refractivity contribution in [3.63, 3.8) is 0 Å². The van der Waals surface area contributed by atoms with E-state index >= 15 is 0 Å². The summed E-state index contributed by atoms with van der Waals surface area (Å²) in [6.07, 6.45) is 4.22. The number of aromatic nitrogens is 5. The average Bonchev–Trinajstić information content (AvgIpc) is 3.99. The molecule has 10 aromatic rings. The Kier molecular flexibility index (Phi) is 6.57. The van der Waals surface area contributed by atoms with Gasteiger partial charge in [-0.1, -0.05) is 127 Å². The number of pyridine rings is 1. The largest absolute Gasteiger partial charge is 2.00 e. The van der Waals surface area contributed by atoms with Crippen LogP contribution in [0.2, 0.25) is 0 Å². The second-order valence-corrected chi connectivity index (χ2v) is 12.8. The van der Waals surface area contributed by atoms with E-state index in [2.05, 4.69) is 133 Å². The third kappa shape index (κ3) is 4.43. The van der Waals surface area contributed by atoms with Gasteiger partial charge < -0.3 is 9.97 Å². The fourth-order valence-corrected chi connectivity index (χ4v) is 7.75. The molecule has 0 N–H and O–H groups in total. The van der Waals surface area contributed by atoms with Crippen LogP contribution in [-0.4, -0.2) is 15.0 Å². The van der Waals surface area contributed by atoms with E-state index in [-0.39, 0.29) is 16.5 Å². The van der Waals surface area contributed by atoms with Crippen LogP contribution < -0.4 is 9.97 Å². The molecule has 5 nitrogen and oxygen atoms in total. The summed E-state index contributed by atoms with van der Waals surface area (Å²) >= 11 is 0. The molecular formula is C45H25N5Ni. The summed E-state index contributed by atoms with van der Waals surface area (Å²) in [5.74, 6) is 0. The molecule has 0 saturated heterocycles. The van der Waals surface area contributed by atoms with Crippen LogP contribution >= 0.6 is 0 Å². The van der Waals surface area contributed by atoms with E-state index in [4.69, 9.17) is 24.9 Å². The van der Waals surface area contributed by atoms with E-state index in [9.17, 15) is 0 Å². The molecule has 0 fully saturated rings. The average molecular weight is 694 g/mol. The van der Waals surface area contributed by atoms with Gasteiger partial charge in [0.2, 0.25) is 0 Å². The van der Waals surface area contributed by atoms with Crippen molar-refractivity contribution in [3.8, 4) is 22.3 Å². The minimum Gasteiger partial charge on any atom is -0.657 e. The van der Waals surface area contributed by atoms with Crippen LogP contribution in [0.3, 0.4) is 0 Å². The Morgan fingerprint density at radius 3 is 1.57 bits per heavy atom. The Balaban J connectivity index is 0.00000327. The first-order valence-electron chi connectivity index (χ1n) is 16.8. The Labute approximate surface area is 302 Å². The van der Waals surface area contributed by atoms with Gasteiger partial charge in [-0.05, 0) is 68.1 Å². The molecule has 0 amide bonds. The van der Waals surface area contributed by atoms with Gasteiger partial charge in [0.05, 0.1) is 33.5 Å². The minimum absolute atomic E-state index is 0. The summed E-state index contributed by atoms with van der Waals surface area (Å²) in [7, 11) is 0. The van der Waals surface area contributed by atoms with Crippen molar-refractivity contribution in [3.05, 3.63) is 151 Å². The van der Waals surface area contributed by atoms with Crippen molar-refractivity contribution >= 4 is 88.6 Å².